The van der Waals surface area contributed by atoms with E-state index in [-0.39, 0.29) is 10.8 Å². The lowest BCUT2D eigenvalue weighted by molar-refractivity contribution is 0.790. The first-order valence-electron chi connectivity index (χ1n) is 4.79. The number of rotatable bonds is 2. The fourth-order valence-corrected chi connectivity index (χ4v) is 2.01. The van der Waals surface area contributed by atoms with E-state index < -0.39 is 0 Å². The van der Waals surface area contributed by atoms with E-state index in [0.29, 0.717) is 0 Å². The molecule has 0 aliphatic heterocycles. The van der Waals surface area contributed by atoms with Crippen LogP contribution in [0.25, 0.3) is 0 Å². The number of hydrogen-bond donors (Lipinski definition) is 1. The molecule has 1 heterocycles. The van der Waals surface area contributed by atoms with Crippen LogP contribution < -0.4 is 5.73 Å². The third kappa shape index (κ3) is 3.68. The Bertz CT molecular complexity index is 302. The molecule has 0 saturated heterocycles. The number of hydrogen-bond acceptors (Lipinski definition) is 3. The number of nitrogens with zero attached hydrogens (tertiary/aromatic N) is 1. The van der Waals surface area contributed by atoms with Crippen LogP contribution in [-0.4, -0.2) is 9.73 Å². The zero-order chi connectivity index (χ0) is 10.8. The third-order valence-corrected chi connectivity index (χ3v) is 2.74. The van der Waals surface area contributed by atoms with E-state index >= 15 is 0 Å². The lowest BCUT2D eigenvalue weighted by atomic mass is 10.1. The molecule has 0 amide bonds. The molecule has 1 aromatic heterocycles. The summed E-state index contributed by atoms with van der Waals surface area (Å²) >= 11 is 1.77. The van der Waals surface area contributed by atoms with Crippen molar-refractivity contribution in [3.63, 3.8) is 0 Å². The maximum atomic E-state index is 5.81. The second-order valence-corrected chi connectivity index (χ2v) is 6.28. The fraction of sp³-hybridized carbons (Fsp3) is 0.545. The van der Waals surface area contributed by atoms with Crippen LogP contribution in [0.15, 0.2) is 23.4 Å². The van der Waals surface area contributed by atoms with Gasteiger partial charge in [0, 0.05) is 17.0 Å². The minimum absolute atomic E-state index is 0.0809. The van der Waals surface area contributed by atoms with Crippen molar-refractivity contribution in [3.8, 4) is 0 Å². The van der Waals surface area contributed by atoms with Crippen molar-refractivity contribution < 1.29 is 0 Å². The van der Waals surface area contributed by atoms with Gasteiger partial charge in [-0.05, 0) is 24.6 Å². The van der Waals surface area contributed by atoms with Crippen LogP contribution in [-0.2, 0) is 0 Å². The molecule has 2 N–H and O–H groups in total. The molecule has 14 heavy (non-hydrogen) atoms. The Kier molecular flexibility index (Phi) is 3.56. The van der Waals surface area contributed by atoms with Crippen LogP contribution in [0.3, 0.4) is 0 Å². The first-order valence-corrected chi connectivity index (χ1v) is 5.61. The summed E-state index contributed by atoms with van der Waals surface area (Å²) in [6.45, 7) is 8.52. The van der Waals surface area contributed by atoms with Gasteiger partial charge in [-0.2, -0.15) is 0 Å². The predicted molar refractivity (Wildman–Crippen MR) is 62.4 cm³/mol. The predicted octanol–water partition coefficient (Wildman–Crippen LogP) is 2.99. The van der Waals surface area contributed by atoms with Crippen molar-refractivity contribution >= 4 is 11.8 Å². The normalized spacial score (nSPS) is 14.1. The smallest absolute Gasteiger partial charge is 0.0968 e. The van der Waals surface area contributed by atoms with Gasteiger partial charge in [0.15, 0.2) is 0 Å². The zero-order valence-corrected chi connectivity index (χ0v) is 10.1. The SMILES string of the molecule is CC(N)c1ccnc(SC(C)(C)C)c1. The van der Waals surface area contributed by atoms with Crippen LogP contribution in [0.4, 0.5) is 0 Å². The zero-order valence-electron chi connectivity index (χ0n) is 9.24. The van der Waals surface area contributed by atoms with E-state index in [9.17, 15) is 0 Å². The second kappa shape index (κ2) is 4.32. The van der Waals surface area contributed by atoms with Crippen molar-refractivity contribution in [1.82, 2.24) is 4.98 Å². The van der Waals surface area contributed by atoms with Gasteiger partial charge in [0.25, 0.3) is 0 Å². The van der Waals surface area contributed by atoms with E-state index in [1.165, 1.54) is 0 Å². The summed E-state index contributed by atoms with van der Waals surface area (Å²) in [6.07, 6.45) is 1.83. The Morgan fingerprint density at radius 1 is 1.43 bits per heavy atom. The van der Waals surface area contributed by atoms with Gasteiger partial charge in [-0.15, -0.1) is 11.8 Å². The fourth-order valence-electron chi connectivity index (χ4n) is 1.08. The molecule has 3 heteroatoms. The molecule has 0 aromatic carbocycles. The maximum absolute atomic E-state index is 5.81. The number of aromatic nitrogens is 1. The van der Waals surface area contributed by atoms with Crippen LogP contribution >= 0.6 is 11.8 Å². The average molecular weight is 210 g/mol. The van der Waals surface area contributed by atoms with E-state index in [1.54, 1.807) is 11.8 Å². The lowest BCUT2D eigenvalue weighted by Crippen LogP contribution is -2.09. The molecule has 2 nitrogen and oxygen atoms in total. The third-order valence-electron chi connectivity index (χ3n) is 1.70. The van der Waals surface area contributed by atoms with Gasteiger partial charge in [-0.25, -0.2) is 4.98 Å². The molecule has 0 fully saturated rings. The Morgan fingerprint density at radius 2 is 2.07 bits per heavy atom. The minimum atomic E-state index is 0.0809. The molecular formula is C11H18N2S. The average Bonchev–Trinajstić information content (AvgIpc) is 2.01. The highest BCUT2D eigenvalue weighted by molar-refractivity contribution is 8.00. The van der Waals surface area contributed by atoms with Gasteiger partial charge < -0.3 is 5.73 Å². The Labute approximate surface area is 90.3 Å². The largest absolute Gasteiger partial charge is 0.324 e. The van der Waals surface area contributed by atoms with Gasteiger partial charge >= 0.3 is 0 Å². The van der Waals surface area contributed by atoms with Crippen LogP contribution in [0, 0.1) is 0 Å². The Hall–Kier alpha value is -0.540. The van der Waals surface area contributed by atoms with Crippen LogP contribution in [0.2, 0.25) is 0 Å². The van der Waals surface area contributed by atoms with Crippen molar-refractivity contribution in [1.29, 1.82) is 0 Å². The van der Waals surface area contributed by atoms with Crippen molar-refractivity contribution in [2.24, 2.45) is 5.73 Å². The molecule has 1 atom stereocenters. The van der Waals surface area contributed by atoms with Gasteiger partial charge in [0.2, 0.25) is 0 Å². The molecule has 0 bridgehead atoms. The molecular weight excluding hydrogens is 192 g/mol. The first-order chi connectivity index (χ1) is 6.38. The summed E-state index contributed by atoms with van der Waals surface area (Å²) in [5.41, 5.74) is 6.95. The van der Waals surface area contributed by atoms with Gasteiger partial charge in [-0.3, -0.25) is 0 Å². The van der Waals surface area contributed by atoms with E-state index in [0.717, 1.165) is 10.6 Å². The standard InChI is InChI=1S/C11H18N2S/c1-8(12)9-5-6-13-10(7-9)14-11(2,3)4/h5-8H,12H2,1-4H3. The molecule has 0 aliphatic carbocycles. The molecule has 1 unspecified atom stereocenters. The van der Waals surface area contributed by atoms with E-state index in [1.807, 2.05) is 19.2 Å². The Morgan fingerprint density at radius 3 is 2.57 bits per heavy atom. The second-order valence-electron chi connectivity index (χ2n) is 4.43. The summed E-state index contributed by atoms with van der Waals surface area (Å²) in [7, 11) is 0. The number of pyridine rings is 1. The summed E-state index contributed by atoms with van der Waals surface area (Å²) in [6, 6.07) is 4.12. The molecule has 0 saturated carbocycles. The highest BCUT2D eigenvalue weighted by atomic mass is 32.2. The van der Waals surface area contributed by atoms with Gasteiger partial charge in [0.05, 0.1) is 5.03 Å². The minimum Gasteiger partial charge on any atom is -0.324 e. The van der Waals surface area contributed by atoms with Crippen LogP contribution in [0.5, 0.6) is 0 Å². The molecule has 78 valence electrons. The van der Waals surface area contributed by atoms with Crippen molar-refractivity contribution in [2.75, 3.05) is 0 Å². The van der Waals surface area contributed by atoms with Crippen LogP contribution in [0.1, 0.15) is 39.3 Å². The molecule has 1 rings (SSSR count). The monoisotopic (exact) mass is 210 g/mol. The molecule has 1 aromatic rings. The maximum Gasteiger partial charge on any atom is 0.0968 e. The first kappa shape index (κ1) is 11.5. The van der Waals surface area contributed by atoms with Gasteiger partial charge in [0.1, 0.15) is 0 Å². The Balaban J connectivity index is 2.84. The highest BCUT2D eigenvalue weighted by Crippen LogP contribution is 2.31. The molecule has 0 spiro atoms. The topological polar surface area (TPSA) is 38.9 Å². The van der Waals surface area contributed by atoms with Crippen molar-refractivity contribution in [2.45, 2.75) is 43.5 Å². The number of thioether (sulfide) groups is 1. The molecule has 0 radical (unpaired) electrons. The summed E-state index contributed by atoms with van der Waals surface area (Å²) in [5.74, 6) is 0. The van der Waals surface area contributed by atoms with E-state index in [2.05, 4.69) is 31.8 Å². The summed E-state index contributed by atoms with van der Waals surface area (Å²) in [4.78, 5) is 4.31. The molecule has 0 aliphatic rings. The number of nitrogens with two attached hydrogens (primary N) is 1. The highest BCUT2D eigenvalue weighted by Gasteiger charge is 2.13. The lowest BCUT2D eigenvalue weighted by Gasteiger charge is -2.17. The van der Waals surface area contributed by atoms with E-state index in [4.69, 9.17) is 5.73 Å². The summed E-state index contributed by atoms with van der Waals surface area (Å²) in [5, 5.41) is 1.05. The van der Waals surface area contributed by atoms with Gasteiger partial charge in [-0.1, -0.05) is 20.8 Å². The quantitative estimate of drug-likeness (QED) is 0.763. The summed E-state index contributed by atoms with van der Waals surface area (Å²) < 4.78 is 0.198. The van der Waals surface area contributed by atoms with Crippen molar-refractivity contribution in [3.05, 3.63) is 23.9 Å².